The van der Waals surface area contributed by atoms with Crippen molar-refractivity contribution in [2.45, 2.75) is 24.7 Å². The zero-order valence-corrected chi connectivity index (χ0v) is 45.9. The molecule has 0 bridgehead atoms. The van der Waals surface area contributed by atoms with Crippen LogP contribution in [0.5, 0.6) is 0 Å². The molecule has 82 heavy (non-hydrogen) atoms. The first-order chi connectivity index (χ1) is 40.4. The fourth-order valence-electron chi connectivity index (χ4n) is 13.8. The van der Waals surface area contributed by atoms with E-state index in [1.807, 2.05) is 0 Å². The molecular formula is C80H58N2. The molecule has 0 unspecified atom stereocenters. The van der Waals surface area contributed by atoms with E-state index in [1.165, 1.54) is 83.1 Å². The molecule has 2 nitrogen and oxygen atoms in total. The molecule has 0 saturated heterocycles. The van der Waals surface area contributed by atoms with Crippen molar-refractivity contribution >= 4 is 44.9 Å². The third-order valence-corrected chi connectivity index (χ3v) is 17.5. The first-order valence-electron chi connectivity index (χ1n) is 28.6. The lowest BCUT2D eigenvalue weighted by Crippen LogP contribution is -2.28. The Balaban J connectivity index is 1.01. The third-order valence-electron chi connectivity index (χ3n) is 17.5. The number of nitrogens with zero attached hydrogens (tertiary/aromatic N) is 2. The minimum atomic E-state index is -0.583. The Kier molecular flexibility index (Phi) is 11.8. The summed E-state index contributed by atoms with van der Waals surface area (Å²) in [6.07, 6.45) is 0. The van der Waals surface area contributed by atoms with Crippen LogP contribution in [0.25, 0.3) is 66.4 Å². The van der Waals surface area contributed by atoms with Crippen LogP contribution in [0.15, 0.2) is 315 Å². The average molecular weight is 1050 g/mol. The molecule has 0 atom stereocenters. The summed E-state index contributed by atoms with van der Waals surface area (Å²) in [6, 6.07) is 117. The zero-order valence-electron chi connectivity index (χ0n) is 45.9. The van der Waals surface area contributed by atoms with Gasteiger partial charge in [0, 0.05) is 39.5 Å². The van der Waals surface area contributed by atoms with Gasteiger partial charge in [-0.15, -0.1) is 0 Å². The molecule has 0 aliphatic heterocycles. The highest BCUT2D eigenvalue weighted by atomic mass is 15.2. The van der Waals surface area contributed by atoms with E-state index in [1.54, 1.807) is 0 Å². The molecule has 0 N–H and O–H groups in total. The number of anilines is 6. The number of hydrogen-bond donors (Lipinski definition) is 0. The van der Waals surface area contributed by atoms with Crippen molar-refractivity contribution in [3.05, 3.63) is 349 Å². The predicted molar refractivity (Wildman–Crippen MR) is 344 cm³/mol. The molecule has 388 valence electrons. The van der Waals surface area contributed by atoms with Crippen molar-refractivity contribution in [1.29, 1.82) is 0 Å². The highest BCUT2D eigenvalue weighted by Crippen LogP contribution is 2.58. The Bertz CT molecular complexity index is 4490. The topological polar surface area (TPSA) is 6.48 Å². The lowest BCUT2D eigenvalue weighted by molar-refractivity contribution is 0.660. The Hall–Kier alpha value is -10.3. The van der Waals surface area contributed by atoms with Gasteiger partial charge >= 0.3 is 0 Å². The summed E-state index contributed by atoms with van der Waals surface area (Å²) in [5.74, 6) is 0. The van der Waals surface area contributed by atoms with Gasteiger partial charge < -0.3 is 9.80 Å². The van der Waals surface area contributed by atoms with Crippen molar-refractivity contribution in [2.75, 3.05) is 9.80 Å². The Morgan fingerprint density at radius 1 is 0.244 bits per heavy atom. The fourth-order valence-corrected chi connectivity index (χ4v) is 13.8. The minimum absolute atomic E-state index is 0.196. The molecule has 2 aliphatic carbocycles. The first kappa shape index (κ1) is 48.8. The molecule has 0 amide bonds. The smallest absolute Gasteiger partial charge is 0.0714 e. The van der Waals surface area contributed by atoms with Gasteiger partial charge in [-0.3, -0.25) is 0 Å². The molecule has 2 heteroatoms. The molecular weight excluding hydrogens is 989 g/mol. The summed E-state index contributed by atoms with van der Waals surface area (Å²) in [5.41, 5.74) is 25.4. The van der Waals surface area contributed by atoms with Crippen LogP contribution >= 0.6 is 0 Å². The molecule has 0 aromatic heterocycles. The van der Waals surface area contributed by atoms with Crippen LogP contribution in [-0.2, 0) is 10.8 Å². The summed E-state index contributed by atoms with van der Waals surface area (Å²) in [4.78, 5) is 4.95. The van der Waals surface area contributed by atoms with E-state index in [0.29, 0.717) is 0 Å². The van der Waals surface area contributed by atoms with E-state index in [4.69, 9.17) is 0 Å². The number of benzene rings is 13. The van der Waals surface area contributed by atoms with Crippen molar-refractivity contribution in [1.82, 2.24) is 0 Å². The van der Waals surface area contributed by atoms with Crippen LogP contribution < -0.4 is 9.80 Å². The molecule has 2 aliphatic rings. The SMILES string of the molecule is CC1(C)c2ccccc2-c2ccc(N(c3ccccc3)c3cc(-c4ccccc4-c4ccc5ccccc5c4-c4ccccc4)cc(N(c4ccccc4)c4ccc5c(c4)C(c4ccccc4)(c4ccccc4)c4ccccc4-5)c3)cc21. The summed E-state index contributed by atoms with van der Waals surface area (Å²) in [7, 11) is 0. The zero-order chi connectivity index (χ0) is 54.8. The molecule has 0 heterocycles. The molecule has 15 rings (SSSR count). The largest absolute Gasteiger partial charge is 0.310 e. The molecule has 0 spiro atoms. The van der Waals surface area contributed by atoms with Crippen LogP contribution in [0, 0.1) is 0 Å². The van der Waals surface area contributed by atoms with Crippen molar-refractivity contribution in [2.24, 2.45) is 0 Å². The van der Waals surface area contributed by atoms with Gasteiger partial charge in [0.1, 0.15) is 0 Å². The Morgan fingerprint density at radius 2 is 0.671 bits per heavy atom. The maximum atomic E-state index is 2.49. The van der Waals surface area contributed by atoms with Crippen molar-refractivity contribution < 1.29 is 0 Å². The highest BCUT2D eigenvalue weighted by molar-refractivity contribution is 6.06. The normalized spacial score (nSPS) is 13.2. The Morgan fingerprint density at radius 3 is 1.27 bits per heavy atom. The van der Waals surface area contributed by atoms with E-state index in [-0.39, 0.29) is 5.41 Å². The van der Waals surface area contributed by atoms with E-state index < -0.39 is 5.41 Å². The van der Waals surface area contributed by atoms with Crippen molar-refractivity contribution in [3.8, 4) is 55.6 Å². The van der Waals surface area contributed by atoms with Crippen LogP contribution in [0.4, 0.5) is 34.1 Å². The monoisotopic (exact) mass is 1050 g/mol. The maximum Gasteiger partial charge on any atom is 0.0714 e. The van der Waals surface area contributed by atoms with Gasteiger partial charge in [0.25, 0.3) is 0 Å². The summed E-state index contributed by atoms with van der Waals surface area (Å²) in [5, 5.41) is 2.44. The number of hydrogen-bond acceptors (Lipinski definition) is 2. The van der Waals surface area contributed by atoms with Crippen molar-refractivity contribution in [3.63, 3.8) is 0 Å². The second kappa shape index (κ2) is 19.8. The van der Waals surface area contributed by atoms with Gasteiger partial charge in [0.15, 0.2) is 0 Å². The van der Waals surface area contributed by atoms with Gasteiger partial charge in [0.05, 0.1) is 5.41 Å². The lowest BCUT2D eigenvalue weighted by Gasteiger charge is -2.35. The van der Waals surface area contributed by atoms with Gasteiger partial charge in [0.2, 0.25) is 0 Å². The molecule has 0 radical (unpaired) electrons. The molecule has 13 aromatic carbocycles. The van der Waals surface area contributed by atoms with E-state index in [9.17, 15) is 0 Å². The summed E-state index contributed by atoms with van der Waals surface area (Å²) >= 11 is 0. The van der Waals surface area contributed by atoms with Gasteiger partial charge in [-0.25, -0.2) is 0 Å². The average Bonchev–Trinajstić information content (AvgIpc) is 1.99. The quantitative estimate of drug-likeness (QED) is 0.127. The number of para-hydroxylation sites is 2. The number of fused-ring (bicyclic) bond motifs is 7. The van der Waals surface area contributed by atoms with E-state index in [2.05, 4.69) is 339 Å². The first-order valence-corrected chi connectivity index (χ1v) is 28.6. The van der Waals surface area contributed by atoms with Crippen LogP contribution in [0.1, 0.15) is 47.2 Å². The van der Waals surface area contributed by atoms with Gasteiger partial charge in [-0.1, -0.05) is 263 Å². The third kappa shape index (κ3) is 7.86. The molecule has 0 saturated carbocycles. The predicted octanol–water partition coefficient (Wildman–Crippen LogP) is 21.4. The summed E-state index contributed by atoms with van der Waals surface area (Å²) < 4.78 is 0. The second-order valence-electron chi connectivity index (χ2n) is 22.4. The summed E-state index contributed by atoms with van der Waals surface area (Å²) in [6.45, 7) is 4.75. The van der Waals surface area contributed by atoms with Crippen LogP contribution in [0.3, 0.4) is 0 Å². The lowest BCUT2D eigenvalue weighted by atomic mass is 9.67. The standard InChI is InChI=1S/C80H58N2/c1-79(2)74-42-24-22-40-69(74)71-48-45-62(53-76(71)79)81(60-33-14-6-15-34-60)64-50-57(66-37-20-21-39-68(66)73-47-44-55-26-18-19-38-67(55)78(73)56-27-8-3-9-28-56)51-65(52-64)82(61-35-16-7-17-36-61)63-46-49-72-70-41-23-25-43-75(70)80(77(72)54-63,58-29-10-4-11-30-58)59-31-12-5-13-32-59/h3-54H,1-2H3. The second-order valence-corrected chi connectivity index (χ2v) is 22.4. The Labute approximate surface area is 481 Å². The van der Waals surface area contributed by atoms with Crippen LogP contribution in [-0.4, -0.2) is 0 Å². The van der Waals surface area contributed by atoms with Gasteiger partial charge in [-0.2, -0.15) is 0 Å². The fraction of sp³-hybridized carbons (Fsp3) is 0.0500. The highest BCUT2D eigenvalue weighted by Gasteiger charge is 2.46. The maximum absolute atomic E-state index is 2.49. The number of rotatable bonds is 11. The minimum Gasteiger partial charge on any atom is -0.310 e. The van der Waals surface area contributed by atoms with Gasteiger partial charge in [-0.05, 0) is 167 Å². The van der Waals surface area contributed by atoms with E-state index in [0.717, 1.165) is 50.8 Å². The molecule has 0 fully saturated rings. The van der Waals surface area contributed by atoms with Crippen LogP contribution in [0.2, 0.25) is 0 Å². The van der Waals surface area contributed by atoms with E-state index >= 15 is 0 Å². The molecule has 13 aromatic rings.